The Morgan fingerprint density at radius 2 is 1.86 bits per heavy atom. The minimum Gasteiger partial charge on any atom is -0.486 e. The Hall–Kier alpha value is -3.02. The van der Waals surface area contributed by atoms with E-state index in [0.717, 1.165) is 17.0 Å². The highest BCUT2D eigenvalue weighted by atomic mass is 16.6. The first-order chi connectivity index (χ1) is 13.5. The number of nitrogens with zero attached hydrogens (tertiary/aromatic N) is 2. The zero-order chi connectivity index (χ0) is 19.7. The lowest BCUT2D eigenvalue weighted by Crippen LogP contribution is -2.44. The molecule has 2 unspecified atom stereocenters. The van der Waals surface area contributed by atoms with E-state index in [2.05, 4.69) is 0 Å². The number of carbonyl (C=O) groups excluding carboxylic acids is 2. The lowest BCUT2D eigenvalue weighted by Gasteiger charge is -2.30. The van der Waals surface area contributed by atoms with Crippen LogP contribution in [-0.2, 0) is 9.59 Å². The lowest BCUT2D eigenvalue weighted by atomic mass is 10.1. The third kappa shape index (κ3) is 3.67. The Balaban J connectivity index is 1.37. The van der Waals surface area contributed by atoms with Crippen molar-refractivity contribution in [1.82, 2.24) is 4.90 Å². The van der Waals surface area contributed by atoms with E-state index in [-0.39, 0.29) is 30.3 Å². The van der Waals surface area contributed by atoms with Crippen LogP contribution in [0.3, 0.4) is 0 Å². The standard InChI is InChI=1S/C22H24N2O4/c1-15-7-9-17(10-8-15)24-12-16(11-21(24)25)22(26)23(2)13-18-14-27-19-5-3-4-6-20(19)28-18/h3-10,16,18H,11-14H2,1-2H3. The number of amides is 2. The van der Waals surface area contributed by atoms with E-state index in [4.69, 9.17) is 9.47 Å². The molecule has 146 valence electrons. The molecule has 6 nitrogen and oxygen atoms in total. The topological polar surface area (TPSA) is 59.1 Å². The minimum atomic E-state index is -0.337. The highest BCUT2D eigenvalue weighted by molar-refractivity contribution is 6.00. The van der Waals surface area contributed by atoms with Crippen molar-refractivity contribution in [3.63, 3.8) is 0 Å². The molecule has 2 heterocycles. The summed E-state index contributed by atoms with van der Waals surface area (Å²) in [5.74, 6) is 1.03. The summed E-state index contributed by atoms with van der Waals surface area (Å²) in [6, 6.07) is 15.3. The Labute approximate surface area is 164 Å². The molecule has 0 radical (unpaired) electrons. The summed E-state index contributed by atoms with van der Waals surface area (Å²) in [5.41, 5.74) is 1.98. The summed E-state index contributed by atoms with van der Waals surface area (Å²) in [5, 5.41) is 0. The smallest absolute Gasteiger partial charge is 0.227 e. The van der Waals surface area contributed by atoms with Crippen molar-refractivity contribution >= 4 is 17.5 Å². The van der Waals surface area contributed by atoms with Crippen LogP contribution in [-0.4, -0.2) is 49.6 Å². The molecule has 0 aromatic heterocycles. The van der Waals surface area contributed by atoms with Gasteiger partial charge in [0.05, 0.1) is 12.5 Å². The Kier molecular flexibility index (Phi) is 4.94. The maximum atomic E-state index is 12.9. The van der Waals surface area contributed by atoms with E-state index in [1.807, 2.05) is 55.5 Å². The third-order valence-corrected chi connectivity index (χ3v) is 5.24. The van der Waals surface area contributed by atoms with Gasteiger partial charge in [-0.25, -0.2) is 0 Å². The molecule has 2 aromatic rings. The molecule has 0 bridgehead atoms. The molecule has 2 aliphatic heterocycles. The molecule has 2 aromatic carbocycles. The first kappa shape index (κ1) is 18.3. The van der Waals surface area contributed by atoms with Gasteiger partial charge in [-0.1, -0.05) is 29.8 Å². The van der Waals surface area contributed by atoms with Gasteiger partial charge >= 0.3 is 0 Å². The van der Waals surface area contributed by atoms with Crippen LogP contribution in [0.2, 0.25) is 0 Å². The molecular formula is C22H24N2O4. The fraction of sp³-hybridized carbons (Fsp3) is 0.364. The number of ether oxygens (including phenoxy) is 2. The molecule has 2 atom stereocenters. The molecule has 1 fully saturated rings. The van der Waals surface area contributed by atoms with E-state index in [9.17, 15) is 9.59 Å². The maximum Gasteiger partial charge on any atom is 0.227 e. The average Bonchev–Trinajstić information content (AvgIpc) is 3.09. The van der Waals surface area contributed by atoms with Crippen LogP contribution in [0.1, 0.15) is 12.0 Å². The van der Waals surface area contributed by atoms with Gasteiger partial charge < -0.3 is 19.3 Å². The van der Waals surface area contributed by atoms with Gasteiger partial charge in [-0.3, -0.25) is 9.59 Å². The number of aryl methyl sites for hydroxylation is 1. The van der Waals surface area contributed by atoms with Crippen molar-refractivity contribution in [1.29, 1.82) is 0 Å². The fourth-order valence-corrected chi connectivity index (χ4v) is 3.71. The number of carbonyl (C=O) groups is 2. The average molecular weight is 380 g/mol. The first-order valence-electron chi connectivity index (χ1n) is 9.52. The summed E-state index contributed by atoms with van der Waals surface area (Å²) in [6.45, 7) is 3.23. The number of likely N-dealkylation sites (N-methyl/N-ethyl adjacent to an activating group) is 1. The van der Waals surface area contributed by atoms with Gasteiger partial charge in [-0.2, -0.15) is 0 Å². The zero-order valence-electron chi connectivity index (χ0n) is 16.1. The Bertz CT molecular complexity index is 880. The van der Waals surface area contributed by atoms with Crippen LogP contribution in [0.15, 0.2) is 48.5 Å². The summed E-state index contributed by atoms with van der Waals surface area (Å²) in [7, 11) is 1.76. The number of hydrogen-bond acceptors (Lipinski definition) is 4. The Morgan fingerprint density at radius 1 is 1.14 bits per heavy atom. The number of rotatable bonds is 4. The van der Waals surface area contributed by atoms with Crippen molar-refractivity contribution in [2.45, 2.75) is 19.4 Å². The third-order valence-electron chi connectivity index (χ3n) is 5.24. The van der Waals surface area contributed by atoms with Gasteiger partial charge in [0, 0.05) is 25.7 Å². The summed E-state index contributed by atoms with van der Waals surface area (Å²) >= 11 is 0. The number of para-hydroxylation sites is 2. The second-order valence-electron chi connectivity index (χ2n) is 7.46. The van der Waals surface area contributed by atoms with Crippen molar-refractivity contribution in [3.05, 3.63) is 54.1 Å². The molecule has 0 aliphatic carbocycles. The van der Waals surface area contributed by atoms with Crippen LogP contribution >= 0.6 is 0 Å². The summed E-state index contributed by atoms with van der Waals surface area (Å²) < 4.78 is 11.7. The molecule has 4 rings (SSSR count). The lowest BCUT2D eigenvalue weighted by molar-refractivity contribution is -0.135. The van der Waals surface area contributed by atoms with Crippen molar-refractivity contribution in [2.75, 3.05) is 31.6 Å². The van der Waals surface area contributed by atoms with Crippen molar-refractivity contribution < 1.29 is 19.1 Å². The number of benzene rings is 2. The van der Waals surface area contributed by atoms with Crippen LogP contribution in [0.4, 0.5) is 5.69 Å². The van der Waals surface area contributed by atoms with E-state index in [1.54, 1.807) is 16.8 Å². The van der Waals surface area contributed by atoms with Gasteiger partial charge in [-0.15, -0.1) is 0 Å². The number of fused-ring (bicyclic) bond motifs is 1. The zero-order valence-corrected chi connectivity index (χ0v) is 16.1. The minimum absolute atomic E-state index is 0.0122. The molecule has 2 aliphatic rings. The second-order valence-corrected chi connectivity index (χ2v) is 7.46. The van der Waals surface area contributed by atoms with Crippen LogP contribution in [0, 0.1) is 12.8 Å². The molecule has 2 amide bonds. The molecule has 0 saturated carbocycles. The fourth-order valence-electron chi connectivity index (χ4n) is 3.71. The van der Waals surface area contributed by atoms with E-state index in [0.29, 0.717) is 25.4 Å². The SMILES string of the molecule is Cc1ccc(N2CC(C(=O)N(C)CC3COc4ccccc4O3)CC2=O)cc1. The van der Waals surface area contributed by atoms with Crippen LogP contribution < -0.4 is 14.4 Å². The first-order valence-corrected chi connectivity index (χ1v) is 9.52. The molecule has 28 heavy (non-hydrogen) atoms. The highest BCUT2D eigenvalue weighted by Gasteiger charge is 2.37. The molecule has 1 saturated heterocycles. The predicted molar refractivity (Wildman–Crippen MR) is 106 cm³/mol. The molecule has 0 spiro atoms. The molecular weight excluding hydrogens is 356 g/mol. The monoisotopic (exact) mass is 380 g/mol. The molecule has 6 heteroatoms. The van der Waals surface area contributed by atoms with Gasteiger partial charge in [0.15, 0.2) is 17.6 Å². The number of hydrogen-bond donors (Lipinski definition) is 0. The second kappa shape index (κ2) is 7.54. The van der Waals surface area contributed by atoms with E-state index >= 15 is 0 Å². The van der Waals surface area contributed by atoms with Crippen molar-refractivity contribution in [3.8, 4) is 11.5 Å². The number of anilines is 1. The summed E-state index contributed by atoms with van der Waals surface area (Å²) in [4.78, 5) is 28.7. The van der Waals surface area contributed by atoms with E-state index in [1.165, 1.54) is 0 Å². The van der Waals surface area contributed by atoms with Crippen LogP contribution in [0.5, 0.6) is 11.5 Å². The molecule has 0 N–H and O–H groups in total. The van der Waals surface area contributed by atoms with Gasteiger partial charge in [0.2, 0.25) is 11.8 Å². The Morgan fingerprint density at radius 3 is 2.61 bits per heavy atom. The van der Waals surface area contributed by atoms with Gasteiger partial charge in [-0.05, 0) is 31.2 Å². The summed E-state index contributed by atoms with van der Waals surface area (Å²) in [6.07, 6.45) is 0.0104. The largest absolute Gasteiger partial charge is 0.486 e. The van der Waals surface area contributed by atoms with Gasteiger partial charge in [0.1, 0.15) is 6.61 Å². The maximum absolute atomic E-state index is 12.9. The normalized spacial score (nSPS) is 20.9. The quantitative estimate of drug-likeness (QED) is 0.818. The van der Waals surface area contributed by atoms with Gasteiger partial charge in [0.25, 0.3) is 0 Å². The van der Waals surface area contributed by atoms with E-state index < -0.39 is 0 Å². The van der Waals surface area contributed by atoms with Crippen LogP contribution in [0.25, 0.3) is 0 Å². The van der Waals surface area contributed by atoms with Crippen molar-refractivity contribution in [2.24, 2.45) is 5.92 Å². The predicted octanol–water partition coefficient (Wildman–Crippen LogP) is 2.65. The highest BCUT2D eigenvalue weighted by Crippen LogP contribution is 2.31.